The molecule has 5 rings (SSSR count). The van der Waals surface area contributed by atoms with Crippen LogP contribution in [0, 0.1) is 0 Å². The Labute approximate surface area is 291 Å². The lowest BCUT2D eigenvalue weighted by atomic mass is 9.88. The van der Waals surface area contributed by atoms with Gasteiger partial charge in [-0.25, -0.2) is 16.8 Å². The Balaban J connectivity index is 1.14. The van der Waals surface area contributed by atoms with E-state index in [1.807, 2.05) is 30.3 Å². The lowest BCUT2D eigenvalue weighted by Crippen LogP contribution is -2.47. The number of halogens is 2. The van der Waals surface area contributed by atoms with E-state index in [0.29, 0.717) is 44.8 Å². The number of nitrogens with zero attached hydrogens (tertiary/aromatic N) is 1. The Hall–Kier alpha value is -3.22. The standard InChI is InChI=1S/C34H43F2N3O9S2/c1-2-46-31-11-10-26(25-8-6-24(19-37)7-9-25)16-32(31)50(44,45)39-14-12-33(13-15-39)18-27(21-48-33)38-20-28(41)22-47-29-4-3-5-30(17-29)49(42,43)34(35,36)23-40/h3-11,16-17,27-28,38,40-41H,2,12-15,18-23,37H2,1H3/t27-,28-/m0/s1. The molecular weight excluding hydrogens is 697 g/mol. The molecule has 2 aliphatic rings. The molecule has 2 fully saturated rings. The molecule has 274 valence electrons. The van der Waals surface area contributed by atoms with Gasteiger partial charge in [0.2, 0.25) is 19.9 Å². The van der Waals surface area contributed by atoms with Gasteiger partial charge >= 0.3 is 5.25 Å². The fourth-order valence-electron chi connectivity index (χ4n) is 6.14. The zero-order valence-corrected chi connectivity index (χ0v) is 29.3. The quantitative estimate of drug-likeness (QED) is 0.180. The zero-order valence-electron chi connectivity index (χ0n) is 27.6. The number of hydrogen-bond donors (Lipinski definition) is 4. The smallest absolute Gasteiger partial charge is 0.372 e. The molecule has 50 heavy (non-hydrogen) atoms. The highest BCUT2D eigenvalue weighted by atomic mass is 32.2. The Kier molecular flexibility index (Phi) is 11.8. The highest BCUT2D eigenvalue weighted by molar-refractivity contribution is 7.92. The number of nitrogens with one attached hydrogen (secondary N) is 1. The van der Waals surface area contributed by atoms with Crippen molar-refractivity contribution >= 4 is 19.9 Å². The van der Waals surface area contributed by atoms with Crippen LogP contribution in [0.4, 0.5) is 8.78 Å². The largest absolute Gasteiger partial charge is 0.492 e. The van der Waals surface area contributed by atoms with Crippen LogP contribution in [0.2, 0.25) is 0 Å². The summed E-state index contributed by atoms with van der Waals surface area (Å²) in [5, 5.41) is 18.2. The first kappa shape index (κ1) is 38.0. The molecular formula is C34H43F2N3O9S2. The number of sulfone groups is 1. The molecule has 0 aromatic heterocycles. The second-order valence-corrected chi connectivity index (χ2v) is 16.4. The maximum Gasteiger partial charge on any atom is 0.372 e. The van der Waals surface area contributed by atoms with Crippen molar-refractivity contribution < 1.29 is 50.0 Å². The van der Waals surface area contributed by atoms with Crippen LogP contribution in [0.25, 0.3) is 11.1 Å². The molecule has 2 saturated heterocycles. The summed E-state index contributed by atoms with van der Waals surface area (Å²) in [5.74, 6) is 0.255. The van der Waals surface area contributed by atoms with E-state index in [4.69, 9.17) is 25.1 Å². The number of rotatable bonds is 15. The molecule has 2 heterocycles. The first-order chi connectivity index (χ1) is 23.7. The van der Waals surface area contributed by atoms with E-state index >= 15 is 0 Å². The van der Waals surface area contributed by atoms with Crippen LogP contribution < -0.4 is 20.5 Å². The predicted molar refractivity (Wildman–Crippen MR) is 181 cm³/mol. The summed E-state index contributed by atoms with van der Waals surface area (Å²) in [4.78, 5) is -0.610. The summed E-state index contributed by atoms with van der Waals surface area (Å²) in [7, 11) is -9.03. The lowest BCUT2D eigenvalue weighted by Gasteiger charge is -2.38. The highest BCUT2D eigenvalue weighted by Crippen LogP contribution is 2.39. The number of hydrogen-bond acceptors (Lipinski definition) is 11. The van der Waals surface area contributed by atoms with Crippen molar-refractivity contribution in [3.8, 4) is 22.6 Å². The minimum absolute atomic E-state index is 0.0370. The van der Waals surface area contributed by atoms with Crippen LogP contribution in [0.1, 0.15) is 31.7 Å². The van der Waals surface area contributed by atoms with Crippen molar-refractivity contribution in [2.75, 3.05) is 46.1 Å². The summed E-state index contributed by atoms with van der Waals surface area (Å²) in [6.07, 6.45) is 0.543. The molecule has 5 N–H and O–H groups in total. The summed E-state index contributed by atoms with van der Waals surface area (Å²) < 4.78 is 98.5. The maximum absolute atomic E-state index is 14.0. The van der Waals surface area contributed by atoms with Crippen LogP contribution in [0.3, 0.4) is 0 Å². The molecule has 0 bridgehead atoms. The van der Waals surface area contributed by atoms with E-state index < -0.39 is 48.3 Å². The molecule has 0 aliphatic carbocycles. The Morgan fingerprint density at radius 1 is 1.04 bits per heavy atom. The van der Waals surface area contributed by atoms with Gasteiger partial charge in [0, 0.05) is 32.2 Å². The molecule has 0 radical (unpaired) electrons. The monoisotopic (exact) mass is 739 g/mol. The zero-order chi connectivity index (χ0) is 36.2. The number of alkyl halides is 2. The van der Waals surface area contributed by atoms with Gasteiger partial charge in [0.15, 0.2) is 0 Å². The second-order valence-electron chi connectivity index (χ2n) is 12.4. The van der Waals surface area contributed by atoms with E-state index in [2.05, 4.69) is 5.32 Å². The third-order valence-corrected chi connectivity index (χ3v) is 12.7. The Morgan fingerprint density at radius 2 is 1.74 bits per heavy atom. The van der Waals surface area contributed by atoms with Crippen molar-refractivity contribution in [1.29, 1.82) is 0 Å². The van der Waals surface area contributed by atoms with E-state index in [1.165, 1.54) is 16.4 Å². The number of nitrogens with two attached hydrogens (primary N) is 1. The van der Waals surface area contributed by atoms with Gasteiger partial charge in [0.1, 0.15) is 35.7 Å². The van der Waals surface area contributed by atoms with Gasteiger partial charge in [-0.15, -0.1) is 0 Å². The Bertz CT molecular complexity index is 1840. The first-order valence-electron chi connectivity index (χ1n) is 16.3. The minimum atomic E-state index is -5.13. The average molecular weight is 740 g/mol. The predicted octanol–water partition coefficient (Wildman–Crippen LogP) is 2.91. The molecule has 2 aliphatic heterocycles. The molecule has 1 spiro atoms. The van der Waals surface area contributed by atoms with Gasteiger partial charge < -0.3 is 35.5 Å². The van der Waals surface area contributed by atoms with Crippen molar-refractivity contribution in [3.05, 3.63) is 72.3 Å². The normalized spacial score (nSPS) is 19.0. The van der Waals surface area contributed by atoms with Crippen LogP contribution in [-0.2, 0) is 31.1 Å². The molecule has 0 saturated carbocycles. The number of ether oxygens (including phenoxy) is 3. The molecule has 3 aromatic carbocycles. The Morgan fingerprint density at radius 3 is 2.40 bits per heavy atom. The van der Waals surface area contributed by atoms with E-state index in [-0.39, 0.29) is 42.9 Å². The van der Waals surface area contributed by atoms with Crippen molar-refractivity contribution in [3.63, 3.8) is 0 Å². The number of benzene rings is 3. The van der Waals surface area contributed by atoms with Gasteiger partial charge in [0.05, 0.1) is 23.7 Å². The lowest BCUT2D eigenvalue weighted by molar-refractivity contribution is -0.0312. The minimum Gasteiger partial charge on any atom is -0.492 e. The third kappa shape index (κ3) is 8.29. The van der Waals surface area contributed by atoms with E-state index in [9.17, 15) is 30.7 Å². The van der Waals surface area contributed by atoms with Crippen molar-refractivity contribution in [1.82, 2.24) is 9.62 Å². The second kappa shape index (κ2) is 15.6. The number of aliphatic hydroxyl groups excluding tert-OH is 2. The molecule has 0 amide bonds. The fourth-order valence-corrected chi connectivity index (χ4v) is 8.78. The average Bonchev–Trinajstić information content (AvgIpc) is 3.52. The van der Waals surface area contributed by atoms with Crippen LogP contribution in [-0.4, -0.2) is 100 Å². The number of piperidine rings is 1. The SMILES string of the molecule is CCOc1ccc(-c2ccc(CN)cc2)cc1S(=O)(=O)N1CCC2(CC1)C[C@H](NC[C@H](O)COc1cccc(S(=O)(=O)C(F)(F)CO)c1)CO2. The number of sulfonamides is 1. The molecule has 0 unspecified atom stereocenters. The maximum atomic E-state index is 14.0. The van der Waals surface area contributed by atoms with Gasteiger partial charge in [-0.1, -0.05) is 36.4 Å². The van der Waals surface area contributed by atoms with Crippen LogP contribution in [0.15, 0.2) is 76.5 Å². The van der Waals surface area contributed by atoms with Gasteiger partial charge in [-0.2, -0.15) is 13.1 Å². The van der Waals surface area contributed by atoms with E-state index in [0.717, 1.165) is 28.8 Å². The van der Waals surface area contributed by atoms with Crippen molar-refractivity contribution in [2.45, 2.75) is 65.5 Å². The van der Waals surface area contributed by atoms with E-state index in [1.54, 1.807) is 19.1 Å². The summed E-state index contributed by atoms with van der Waals surface area (Å²) in [6, 6.07) is 17.2. The third-order valence-electron chi connectivity index (χ3n) is 9.00. The fraction of sp³-hybridized carbons (Fsp3) is 0.471. The summed E-state index contributed by atoms with van der Waals surface area (Å²) >= 11 is 0. The molecule has 2 atom stereocenters. The summed E-state index contributed by atoms with van der Waals surface area (Å²) in [5.41, 5.74) is 7.78. The molecule has 3 aromatic rings. The molecule has 16 heteroatoms. The van der Waals surface area contributed by atoms with Crippen LogP contribution >= 0.6 is 0 Å². The van der Waals surface area contributed by atoms with Gasteiger partial charge in [-0.05, 0) is 73.2 Å². The topological polar surface area (TPSA) is 178 Å². The number of aliphatic hydroxyl groups is 2. The highest BCUT2D eigenvalue weighted by Gasteiger charge is 2.46. The van der Waals surface area contributed by atoms with Crippen molar-refractivity contribution in [2.24, 2.45) is 5.73 Å². The van der Waals surface area contributed by atoms with Gasteiger partial charge in [0.25, 0.3) is 0 Å². The van der Waals surface area contributed by atoms with Crippen LogP contribution in [0.5, 0.6) is 11.5 Å². The van der Waals surface area contributed by atoms with Gasteiger partial charge in [-0.3, -0.25) is 0 Å². The first-order valence-corrected chi connectivity index (χ1v) is 19.2. The summed E-state index contributed by atoms with van der Waals surface area (Å²) in [6.45, 7) is 1.39. The molecule has 12 nitrogen and oxygen atoms in total.